The van der Waals surface area contributed by atoms with E-state index in [4.69, 9.17) is 16.3 Å². The summed E-state index contributed by atoms with van der Waals surface area (Å²) in [6.07, 6.45) is 0. The minimum absolute atomic E-state index is 0.465. The van der Waals surface area contributed by atoms with Crippen LogP contribution in [0.5, 0.6) is 11.6 Å². The molecule has 0 aliphatic rings. The number of para-hydroxylation sites is 1. The molecular weight excluding hydrogens is 291 g/mol. The lowest BCUT2D eigenvalue weighted by Gasteiger charge is -2.06. The van der Waals surface area contributed by atoms with Crippen molar-refractivity contribution in [3.8, 4) is 11.6 Å². The third-order valence-corrected chi connectivity index (χ3v) is 2.55. The van der Waals surface area contributed by atoms with Gasteiger partial charge in [0.25, 0.3) is 0 Å². The fraction of sp³-hybridized carbons (Fsp3) is 0.0909. The predicted octanol–water partition coefficient (Wildman–Crippen LogP) is 3.99. The van der Waals surface area contributed by atoms with Gasteiger partial charge in [-0.25, -0.2) is 4.98 Å². The molecule has 0 atom stereocenters. The number of aryl methyl sites for hydroxylation is 1. The molecule has 5 heteroatoms. The van der Waals surface area contributed by atoms with Gasteiger partial charge in [-0.15, -0.1) is 0 Å². The molecule has 0 radical (unpaired) electrons. The number of halogens is 2. The van der Waals surface area contributed by atoms with Crippen LogP contribution in [-0.4, -0.2) is 9.97 Å². The SMILES string of the molecule is Cc1nc(Br)cc(Oc2ccccc2Cl)n1. The fourth-order valence-electron chi connectivity index (χ4n) is 1.20. The molecule has 2 rings (SSSR count). The molecule has 82 valence electrons. The van der Waals surface area contributed by atoms with Gasteiger partial charge in [0.05, 0.1) is 5.02 Å². The van der Waals surface area contributed by atoms with Gasteiger partial charge in [0, 0.05) is 6.07 Å². The van der Waals surface area contributed by atoms with Crippen LogP contribution >= 0.6 is 27.5 Å². The summed E-state index contributed by atoms with van der Waals surface area (Å²) in [6.45, 7) is 1.80. The molecule has 2 aromatic rings. The quantitative estimate of drug-likeness (QED) is 0.786. The number of ether oxygens (including phenoxy) is 1. The van der Waals surface area contributed by atoms with Crippen LogP contribution in [0.2, 0.25) is 5.02 Å². The Morgan fingerprint density at radius 2 is 2.00 bits per heavy atom. The van der Waals surface area contributed by atoms with Crippen molar-refractivity contribution >= 4 is 27.5 Å². The number of rotatable bonds is 2. The molecule has 0 fully saturated rings. The molecule has 0 unspecified atom stereocenters. The first kappa shape index (κ1) is 11.4. The Bertz CT molecular complexity index is 499. The van der Waals surface area contributed by atoms with Crippen molar-refractivity contribution in [2.45, 2.75) is 6.92 Å². The highest BCUT2D eigenvalue weighted by Crippen LogP contribution is 2.28. The number of hydrogen-bond acceptors (Lipinski definition) is 3. The Morgan fingerprint density at radius 3 is 2.69 bits per heavy atom. The highest BCUT2D eigenvalue weighted by atomic mass is 79.9. The lowest BCUT2D eigenvalue weighted by molar-refractivity contribution is 0.459. The molecular formula is C11H8BrClN2O. The van der Waals surface area contributed by atoms with Crippen LogP contribution in [0.4, 0.5) is 0 Å². The smallest absolute Gasteiger partial charge is 0.223 e. The van der Waals surface area contributed by atoms with E-state index in [0.717, 1.165) is 0 Å². The first-order chi connectivity index (χ1) is 7.65. The molecule has 0 bridgehead atoms. The van der Waals surface area contributed by atoms with Gasteiger partial charge in [0.15, 0.2) is 0 Å². The number of benzene rings is 1. The molecule has 0 saturated heterocycles. The molecule has 16 heavy (non-hydrogen) atoms. The van der Waals surface area contributed by atoms with E-state index in [1.165, 1.54) is 0 Å². The number of nitrogens with zero attached hydrogens (tertiary/aromatic N) is 2. The van der Waals surface area contributed by atoms with Crippen LogP contribution in [-0.2, 0) is 0 Å². The summed E-state index contributed by atoms with van der Waals surface area (Å²) in [5, 5.41) is 0.551. The lowest BCUT2D eigenvalue weighted by Crippen LogP contribution is -1.93. The van der Waals surface area contributed by atoms with Crippen LogP contribution in [0.1, 0.15) is 5.82 Å². The van der Waals surface area contributed by atoms with Crippen LogP contribution in [0.3, 0.4) is 0 Å². The number of aromatic nitrogens is 2. The molecule has 0 aliphatic carbocycles. The van der Waals surface area contributed by atoms with E-state index >= 15 is 0 Å². The Balaban J connectivity index is 2.30. The van der Waals surface area contributed by atoms with E-state index in [2.05, 4.69) is 25.9 Å². The van der Waals surface area contributed by atoms with Gasteiger partial charge in [-0.05, 0) is 35.0 Å². The van der Waals surface area contributed by atoms with Crippen LogP contribution < -0.4 is 4.74 Å². The largest absolute Gasteiger partial charge is 0.437 e. The van der Waals surface area contributed by atoms with Crippen molar-refractivity contribution in [2.24, 2.45) is 0 Å². The van der Waals surface area contributed by atoms with Crippen LogP contribution in [0, 0.1) is 6.92 Å². The predicted molar refractivity (Wildman–Crippen MR) is 66.0 cm³/mol. The second kappa shape index (κ2) is 4.80. The topological polar surface area (TPSA) is 35.0 Å². The molecule has 1 aromatic heterocycles. The molecule has 0 amide bonds. The van der Waals surface area contributed by atoms with Crippen molar-refractivity contribution < 1.29 is 4.74 Å². The third kappa shape index (κ3) is 2.71. The average molecular weight is 300 g/mol. The number of hydrogen-bond donors (Lipinski definition) is 0. The first-order valence-electron chi connectivity index (χ1n) is 4.59. The summed E-state index contributed by atoms with van der Waals surface area (Å²) in [5.74, 6) is 1.68. The molecule has 1 heterocycles. The molecule has 1 aromatic carbocycles. The van der Waals surface area contributed by atoms with Gasteiger partial charge < -0.3 is 4.74 Å². The van der Waals surface area contributed by atoms with Gasteiger partial charge in [0.2, 0.25) is 5.88 Å². The normalized spacial score (nSPS) is 10.2. The van der Waals surface area contributed by atoms with Gasteiger partial charge in [-0.3, -0.25) is 0 Å². The van der Waals surface area contributed by atoms with E-state index in [1.54, 1.807) is 25.1 Å². The van der Waals surface area contributed by atoms with E-state index in [-0.39, 0.29) is 0 Å². The maximum atomic E-state index is 5.97. The zero-order chi connectivity index (χ0) is 11.5. The summed E-state index contributed by atoms with van der Waals surface area (Å²) in [4.78, 5) is 8.24. The molecule has 3 nitrogen and oxygen atoms in total. The molecule has 0 spiro atoms. The minimum atomic E-state index is 0.465. The molecule has 0 N–H and O–H groups in total. The van der Waals surface area contributed by atoms with Crippen LogP contribution in [0.15, 0.2) is 34.9 Å². The standard InChI is InChI=1S/C11H8BrClN2O/c1-7-14-10(12)6-11(15-7)16-9-5-3-2-4-8(9)13/h2-6H,1H3. The third-order valence-electron chi connectivity index (χ3n) is 1.83. The van der Waals surface area contributed by atoms with Crippen LogP contribution in [0.25, 0.3) is 0 Å². The zero-order valence-electron chi connectivity index (χ0n) is 8.45. The highest BCUT2D eigenvalue weighted by Gasteiger charge is 2.05. The lowest BCUT2D eigenvalue weighted by atomic mass is 10.3. The van der Waals surface area contributed by atoms with Gasteiger partial charge >= 0.3 is 0 Å². The van der Waals surface area contributed by atoms with Gasteiger partial charge in [-0.2, -0.15) is 4.98 Å². The fourth-order valence-corrected chi connectivity index (χ4v) is 1.82. The van der Waals surface area contributed by atoms with E-state index in [1.807, 2.05) is 12.1 Å². The summed E-state index contributed by atoms with van der Waals surface area (Å²) in [7, 11) is 0. The van der Waals surface area contributed by atoms with E-state index < -0.39 is 0 Å². The maximum Gasteiger partial charge on any atom is 0.223 e. The first-order valence-corrected chi connectivity index (χ1v) is 5.76. The van der Waals surface area contributed by atoms with Crippen molar-refractivity contribution in [3.63, 3.8) is 0 Å². The summed E-state index contributed by atoms with van der Waals surface area (Å²) in [6, 6.07) is 8.94. The monoisotopic (exact) mass is 298 g/mol. The van der Waals surface area contributed by atoms with E-state index in [0.29, 0.717) is 27.1 Å². The van der Waals surface area contributed by atoms with Gasteiger partial charge in [0.1, 0.15) is 16.2 Å². The minimum Gasteiger partial charge on any atom is -0.437 e. The summed E-state index contributed by atoms with van der Waals surface area (Å²) in [5.41, 5.74) is 0. The summed E-state index contributed by atoms with van der Waals surface area (Å²) < 4.78 is 6.24. The Kier molecular flexibility index (Phi) is 3.41. The van der Waals surface area contributed by atoms with Crippen molar-refractivity contribution in [1.82, 2.24) is 9.97 Å². The Hall–Kier alpha value is -1.13. The second-order valence-corrected chi connectivity index (χ2v) is 4.33. The maximum absolute atomic E-state index is 5.97. The second-order valence-electron chi connectivity index (χ2n) is 3.11. The summed E-state index contributed by atoms with van der Waals surface area (Å²) >= 11 is 9.25. The highest BCUT2D eigenvalue weighted by molar-refractivity contribution is 9.10. The van der Waals surface area contributed by atoms with E-state index in [9.17, 15) is 0 Å². The molecule has 0 saturated carbocycles. The van der Waals surface area contributed by atoms with Crippen molar-refractivity contribution in [2.75, 3.05) is 0 Å². The van der Waals surface area contributed by atoms with Crippen molar-refractivity contribution in [3.05, 3.63) is 45.8 Å². The average Bonchev–Trinajstić information content (AvgIpc) is 2.20. The van der Waals surface area contributed by atoms with Gasteiger partial charge in [-0.1, -0.05) is 23.7 Å². The Morgan fingerprint density at radius 1 is 1.25 bits per heavy atom. The zero-order valence-corrected chi connectivity index (χ0v) is 10.8. The van der Waals surface area contributed by atoms with Crippen molar-refractivity contribution in [1.29, 1.82) is 0 Å². The molecule has 0 aliphatic heterocycles. The Labute approximate surface area is 107 Å².